The summed E-state index contributed by atoms with van der Waals surface area (Å²) in [5, 5.41) is 9.43. The minimum absolute atomic E-state index is 0.117. The summed E-state index contributed by atoms with van der Waals surface area (Å²) >= 11 is 1.83. The van der Waals surface area contributed by atoms with Gasteiger partial charge in [0.1, 0.15) is 5.69 Å². The Bertz CT molecular complexity index is 391. The number of carboxylic acid groups (broad SMARTS) is 1. The fourth-order valence-electron chi connectivity index (χ4n) is 2.25. The average molecular weight is 251 g/mol. The van der Waals surface area contributed by atoms with Gasteiger partial charge in [0.25, 0.3) is 0 Å². The maximum Gasteiger partial charge on any atom is 0.354 e. The van der Waals surface area contributed by atoms with Gasteiger partial charge in [-0.15, -0.1) is 11.8 Å². The first-order valence-electron chi connectivity index (χ1n) is 6.01. The zero-order valence-corrected chi connectivity index (χ0v) is 10.7. The highest BCUT2D eigenvalue weighted by Gasteiger charge is 2.19. The Morgan fingerprint density at radius 3 is 2.88 bits per heavy atom. The maximum atomic E-state index is 10.7. The number of rotatable bonds is 3. The highest BCUT2D eigenvalue weighted by Crippen LogP contribution is 2.35. The molecule has 1 aliphatic rings. The van der Waals surface area contributed by atoms with E-state index in [2.05, 4.69) is 11.9 Å². The van der Waals surface area contributed by atoms with Crippen LogP contribution in [0.5, 0.6) is 0 Å². The number of nitrogens with zero attached hydrogens (tertiary/aromatic N) is 1. The fourth-order valence-corrected chi connectivity index (χ4v) is 3.61. The Kier molecular flexibility index (Phi) is 4.05. The molecule has 2 atom stereocenters. The number of thioether (sulfide) groups is 1. The summed E-state index contributed by atoms with van der Waals surface area (Å²) < 4.78 is 0. The molecule has 3 nitrogen and oxygen atoms in total. The predicted octanol–water partition coefficient (Wildman–Crippen LogP) is 3.45. The molecule has 1 aromatic heterocycles. The van der Waals surface area contributed by atoms with Gasteiger partial charge in [-0.05, 0) is 30.9 Å². The van der Waals surface area contributed by atoms with Crippen LogP contribution in [0.15, 0.2) is 23.2 Å². The van der Waals surface area contributed by atoms with E-state index >= 15 is 0 Å². The smallest absolute Gasteiger partial charge is 0.354 e. The van der Waals surface area contributed by atoms with Crippen molar-refractivity contribution in [3.05, 3.63) is 24.0 Å². The highest BCUT2D eigenvalue weighted by molar-refractivity contribution is 8.00. The van der Waals surface area contributed by atoms with Crippen LogP contribution in [0, 0.1) is 5.92 Å². The summed E-state index contributed by atoms with van der Waals surface area (Å²) in [6.07, 6.45) is 6.83. The number of carboxylic acids is 1. The topological polar surface area (TPSA) is 50.2 Å². The molecule has 1 aliphatic carbocycles. The van der Waals surface area contributed by atoms with Crippen LogP contribution in [-0.2, 0) is 0 Å². The van der Waals surface area contributed by atoms with Crippen LogP contribution in [0.25, 0.3) is 0 Å². The molecule has 0 amide bonds. The van der Waals surface area contributed by atoms with E-state index in [4.69, 9.17) is 5.11 Å². The minimum Gasteiger partial charge on any atom is -0.477 e. The predicted molar refractivity (Wildman–Crippen MR) is 68.5 cm³/mol. The standard InChI is InChI=1S/C13H17NO2S/c1-9-3-2-4-10(7-9)17-11-5-6-12(13(15)16)14-8-11/h5-6,8-10H,2-4,7H2,1H3,(H,15,16). The SMILES string of the molecule is CC1CCCC(Sc2ccc(C(=O)O)nc2)C1. The van der Waals surface area contributed by atoms with Gasteiger partial charge in [-0.2, -0.15) is 0 Å². The van der Waals surface area contributed by atoms with E-state index < -0.39 is 5.97 Å². The second-order valence-corrected chi connectivity index (χ2v) is 6.07. The lowest BCUT2D eigenvalue weighted by atomic mass is 9.91. The Balaban J connectivity index is 1.96. The van der Waals surface area contributed by atoms with E-state index in [1.165, 1.54) is 25.7 Å². The molecule has 4 heteroatoms. The number of aromatic nitrogens is 1. The Morgan fingerprint density at radius 1 is 1.47 bits per heavy atom. The lowest BCUT2D eigenvalue weighted by Crippen LogP contribution is -2.14. The zero-order chi connectivity index (χ0) is 12.3. The second kappa shape index (κ2) is 5.54. The fraction of sp³-hybridized carbons (Fsp3) is 0.538. The summed E-state index contributed by atoms with van der Waals surface area (Å²) in [6, 6.07) is 3.44. The molecule has 1 fully saturated rings. The molecular weight excluding hydrogens is 234 g/mol. The first-order valence-corrected chi connectivity index (χ1v) is 6.89. The number of aromatic carboxylic acids is 1. The molecule has 1 saturated carbocycles. The third-order valence-corrected chi connectivity index (χ3v) is 4.42. The largest absolute Gasteiger partial charge is 0.477 e. The molecule has 2 rings (SSSR count). The molecular formula is C13H17NO2S. The summed E-state index contributed by atoms with van der Waals surface area (Å²) in [5.74, 6) is -0.152. The van der Waals surface area contributed by atoms with Crippen LogP contribution in [0.3, 0.4) is 0 Å². The third-order valence-electron chi connectivity index (χ3n) is 3.15. The Labute approximate surface area is 106 Å². The van der Waals surface area contributed by atoms with E-state index in [1.807, 2.05) is 17.8 Å². The van der Waals surface area contributed by atoms with E-state index in [0.29, 0.717) is 5.25 Å². The quantitative estimate of drug-likeness (QED) is 0.894. The first-order chi connectivity index (χ1) is 8.15. The van der Waals surface area contributed by atoms with Crippen molar-refractivity contribution in [1.82, 2.24) is 4.98 Å². The molecule has 0 aliphatic heterocycles. The Hall–Kier alpha value is -1.03. The van der Waals surface area contributed by atoms with Crippen molar-refractivity contribution < 1.29 is 9.90 Å². The van der Waals surface area contributed by atoms with Crippen LogP contribution in [0.1, 0.15) is 43.1 Å². The number of carbonyl (C=O) groups is 1. The summed E-state index contributed by atoms with van der Waals surface area (Å²) in [6.45, 7) is 2.30. The number of hydrogen-bond donors (Lipinski definition) is 1. The van der Waals surface area contributed by atoms with Gasteiger partial charge >= 0.3 is 5.97 Å². The highest BCUT2D eigenvalue weighted by atomic mass is 32.2. The molecule has 0 bridgehead atoms. The summed E-state index contributed by atoms with van der Waals surface area (Å²) in [7, 11) is 0. The van der Waals surface area contributed by atoms with Gasteiger partial charge in [0.2, 0.25) is 0 Å². The maximum absolute atomic E-state index is 10.7. The van der Waals surface area contributed by atoms with Gasteiger partial charge in [-0.3, -0.25) is 0 Å². The van der Waals surface area contributed by atoms with Crippen LogP contribution >= 0.6 is 11.8 Å². The van der Waals surface area contributed by atoms with E-state index in [0.717, 1.165) is 10.8 Å². The lowest BCUT2D eigenvalue weighted by molar-refractivity contribution is 0.0690. The Morgan fingerprint density at radius 2 is 2.29 bits per heavy atom. The zero-order valence-electron chi connectivity index (χ0n) is 9.93. The molecule has 0 aromatic carbocycles. The lowest BCUT2D eigenvalue weighted by Gasteiger charge is -2.26. The second-order valence-electron chi connectivity index (χ2n) is 4.70. The van der Waals surface area contributed by atoms with Crippen molar-refractivity contribution in [3.8, 4) is 0 Å². The van der Waals surface area contributed by atoms with Crippen LogP contribution < -0.4 is 0 Å². The molecule has 17 heavy (non-hydrogen) atoms. The molecule has 92 valence electrons. The molecule has 0 saturated heterocycles. The van der Waals surface area contributed by atoms with E-state index in [9.17, 15) is 4.79 Å². The molecule has 1 heterocycles. The van der Waals surface area contributed by atoms with Crippen molar-refractivity contribution in [1.29, 1.82) is 0 Å². The van der Waals surface area contributed by atoms with Gasteiger partial charge < -0.3 is 5.11 Å². The van der Waals surface area contributed by atoms with E-state index in [1.54, 1.807) is 12.3 Å². The van der Waals surface area contributed by atoms with Gasteiger partial charge in [-0.1, -0.05) is 19.8 Å². The van der Waals surface area contributed by atoms with E-state index in [-0.39, 0.29) is 5.69 Å². The molecule has 2 unspecified atom stereocenters. The normalized spacial score (nSPS) is 24.5. The first kappa shape index (κ1) is 12.4. The van der Waals surface area contributed by atoms with Gasteiger partial charge in [0.15, 0.2) is 0 Å². The summed E-state index contributed by atoms with van der Waals surface area (Å²) in [5.41, 5.74) is 0.117. The molecule has 1 N–H and O–H groups in total. The van der Waals surface area contributed by atoms with Crippen molar-refractivity contribution >= 4 is 17.7 Å². The minimum atomic E-state index is -0.965. The average Bonchev–Trinajstić information content (AvgIpc) is 2.29. The van der Waals surface area contributed by atoms with Gasteiger partial charge in [0, 0.05) is 16.3 Å². The molecule has 1 aromatic rings. The molecule has 0 radical (unpaired) electrons. The van der Waals surface area contributed by atoms with Crippen LogP contribution in [-0.4, -0.2) is 21.3 Å². The van der Waals surface area contributed by atoms with Crippen molar-refractivity contribution in [2.45, 2.75) is 42.8 Å². The van der Waals surface area contributed by atoms with Crippen molar-refractivity contribution in [2.24, 2.45) is 5.92 Å². The molecule has 0 spiro atoms. The van der Waals surface area contributed by atoms with Crippen LogP contribution in [0.4, 0.5) is 0 Å². The summed E-state index contributed by atoms with van der Waals surface area (Å²) in [4.78, 5) is 15.7. The van der Waals surface area contributed by atoms with Gasteiger partial charge in [-0.25, -0.2) is 9.78 Å². The van der Waals surface area contributed by atoms with Gasteiger partial charge in [0.05, 0.1) is 0 Å². The monoisotopic (exact) mass is 251 g/mol. The van der Waals surface area contributed by atoms with Crippen molar-refractivity contribution in [3.63, 3.8) is 0 Å². The third kappa shape index (κ3) is 3.46. The number of pyridine rings is 1. The van der Waals surface area contributed by atoms with Crippen LogP contribution in [0.2, 0.25) is 0 Å². The van der Waals surface area contributed by atoms with Crippen molar-refractivity contribution in [2.75, 3.05) is 0 Å². The number of hydrogen-bond acceptors (Lipinski definition) is 3.